The van der Waals surface area contributed by atoms with Gasteiger partial charge in [-0.25, -0.2) is 4.39 Å². The number of nitrogens with zero attached hydrogens (tertiary/aromatic N) is 3. The monoisotopic (exact) mass is 316 g/mol. The van der Waals surface area contributed by atoms with Crippen molar-refractivity contribution in [3.05, 3.63) is 41.0 Å². The van der Waals surface area contributed by atoms with Crippen molar-refractivity contribution in [1.82, 2.24) is 20.1 Å². The molecule has 0 fully saturated rings. The predicted molar refractivity (Wildman–Crippen MR) is 81.7 cm³/mol. The Morgan fingerprint density at radius 3 is 2.75 bits per heavy atom. The van der Waals surface area contributed by atoms with Crippen LogP contribution < -0.4 is 5.32 Å². The van der Waals surface area contributed by atoms with E-state index in [-0.39, 0.29) is 18.2 Å². The van der Waals surface area contributed by atoms with Crippen molar-refractivity contribution in [2.45, 2.75) is 24.4 Å². The van der Waals surface area contributed by atoms with Gasteiger partial charge in [-0.3, -0.25) is 0 Å². The third-order valence-electron chi connectivity index (χ3n) is 2.85. The van der Waals surface area contributed by atoms with E-state index in [9.17, 15) is 4.39 Å². The minimum Gasteiger partial charge on any atom is -0.313 e. The maximum absolute atomic E-state index is 13.2. The van der Waals surface area contributed by atoms with Gasteiger partial charge in [0.2, 0.25) is 0 Å². The van der Waals surface area contributed by atoms with Crippen LogP contribution in [0.4, 0.5) is 4.39 Å². The van der Waals surface area contributed by atoms with Crippen LogP contribution in [-0.4, -0.2) is 21.8 Å². The SMILES string of the molecule is CNCc1nnc(SCc2ccc(F)c(C)c2)n1C.Cl. The topological polar surface area (TPSA) is 42.7 Å². The maximum atomic E-state index is 13.2. The molecule has 0 saturated heterocycles. The van der Waals surface area contributed by atoms with Crippen LogP contribution in [0.2, 0.25) is 0 Å². The zero-order valence-electron chi connectivity index (χ0n) is 11.7. The number of hydrogen-bond donors (Lipinski definition) is 1. The summed E-state index contributed by atoms with van der Waals surface area (Å²) in [6, 6.07) is 5.18. The Kier molecular flexibility index (Phi) is 6.45. The molecule has 4 nitrogen and oxygen atoms in total. The number of halogens is 2. The number of thioether (sulfide) groups is 1. The fraction of sp³-hybridized carbons (Fsp3) is 0.385. The molecule has 110 valence electrons. The summed E-state index contributed by atoms with van der Waals surface area (Å²) in [5.74, 6) is 1.50. The van der Waals surface area contributed by atoms with E-state index in [2.05, 4.69) is 15.5 Å². The number of hydrogen-bond acceptors (Lipinski definition) is 4. The molecule has 0 amide bonds. The van der Waals surface area contributed by atoms with Gasteiger partial charge in [0.1, 0.15) is 11.6 Å². The molecule has 0 aliphatic heterocycles. The zero-order chi connectivity index (χ0) is 13.8. The molecule has 0 atom stereocenters. The molecule has 20 heavy (non-hydrogen) atoms. The minimum absolute atomic E-state index is 0. The smallest absolute Gasteiger partial charge is 0.191 e. The lowest BCUT2D eigenvalue weighted by molar-refractivity contribution is 0.618. The number of rotatable bonds is 5. The van der Waals surface area contributed by atoms with E-state index in [1.807, 2.05) is 24.7 Å². The normalized spacial score (nSPS) is 10.4. The van der Waals surface area contributed by atoms with Crippen LogP contribution in [-0.2, 0) is 19.3 Å². The Morgan fingerprint density at radius 2 is 2.10 bits per heavy atom. The lowest BCUT2D eigenvalue weighted by Crippen LogP contribution is -2.10. The molecule has 0 saturated carbocycles. The van der Waals surface area contributed by atoms with Crippen molar-refractivity contribution in [2.75, 3.05) is 7.05 Å². The first kappa shape index (κ1) is 16.9. The molecule has 0 bridgehead atoms. The molecular weight excluding hydrogens is 299 g/mol. The second kappa shape index (κ2) is 7.61. The van der Waals surface area contributed by atoms with Crippen LogP contribution in [0, 0.1) is 12.7 Å². The molecule has 0 unspecified atom stereocenters. The number of nitrogens with one attached hydrogen (secondary N) is 1. The summed E-state index contributed by atoms with van der Waals surface area (Å²) in [6.45, 7) is 2.47. The van der Waals surface area contributed by atoms with Gasteiger partial charge < -0.3 is 9.88 Å². The van der Waals surface area contributed by atoms with E-state index in [0.29, 0.717) is 12.1 Å². The average Bonchev–Trinajstić information content (AvgIpc) is 2.73. The molecule has 0 aliphatic rings. The third kappa shape index (κ3) is 3.94. The molecule has 1 N–H and O–H groups in total. The van der Waals surface area contributed by atoms with Crippen LogP contribution in [0.3, 0.4) is 0 Å². The summed E-state index contributed by atoms with van der Waals surface area (Å²) in [4.78, 5) is 0. The highest BCUT2D eigenvalue weighted by molar-refractivity contribution is 7.98. The second-order valence-electron chi connectivity index (χ2n) is 4.36. The van der Waals surface area contributed by atoms with Crippen molar-refractivity contribution in [2.24, 2.45) is 7.05 Å². The second-order valence-corrected chi connectivity index (χ2v) is 5.30. The van der Waals surface area contributed by atoms with Gasteiger partial charge in [-0.05, 0) is 31.2 Å². The Morgan fingerprint density at radius 1 is 1.35 bits per heavy atom. The Bertz CT molecular complexity index is 573. The zero-order valence-corrected chi connectivity index (χ0v) is 13.3. The summed E-state index contributed by atoms with van der Waals surface area (Å²) in [6.07, 6.45) is 0. The minimum atomic E-state index is -0.163. The van der Waals surface area contributed by atoms with Gasteiger partial charge >= 0.3 is 0 Å². The van der Waals surface area contributed by atoms with Gasteiger partial charge in [-0.1, -0.05) is 23.9 Å². The largest absolute Gasteiger partial charge is 0.313 e. The van der Waals surface area contributed by atoms with Crippen molar-refractivity contribution in [3.63, 3.8) is 0 Å². The van der Waals surface area contributed by atoms with E-state index < -0.39 is 0 Å². The van der Waals surface area contributed by atoms with E-state index in [0.717, 1.165) is 22.3 Å². The summed E-state index contributed by atoms with van der Waals surface area (Å²) < 4.78 is 15.1. The molecule has 1 heterocycles. The Labute approximate surface area is 128 Å². The van der Waals surface area contributed by atoms with Crippen LogP contribution in [0.15, 0.2) is 23.4 Å². The first-order chi connectivity index (χ1) is 9.11. The lowest BCUT2D eigenvalue weighted by Gasteiger charge is -2.04. The van der Waals surface area contributed by atoms with Gasteiger partial charge in [0.15, 0.2) is 5.16 Å². The van der Waals surface area contributed by atoms with Gasteiger partial charge in [0.25, 0.3) is 0 Å². The number of aryl methyl sites for hydroxylation is 1. The molecule has 1 aromatic carbocycles. The quantitative estimate of drug-likeness (QED) is 0.861. The summed E-state index contributed by atoms with van der Waals surface area (Å²) in [7, 11) is 3.83. The van der Waals surface area contributed by atoms with E-state index in [4.69, 9.17) is 0 Å². The molecule has 1 aromatic heterocycles. The van der Waals surface area contributed by atoms with Gasteiger partial charge in [0.05, 0.1) is 6.54 Å². The summed E-state index contributed by atoms with van der Waals surface area (Å²) >= 11 is 1.60. The van der Waals surface area contributed by atoms with Crippen molar-refractivity contribution in [1.29, 1.82) is 0 Å². The fourth-order valence-electron chi connectivity index (χ4n) is 1.73. The van der Waals surface area contributed by atoms with Gasteiger partial charge in [0, 0.05) is 12.8 Å². The predicted octanol–water partition coefficient (Wildman–Crippen LogP) is 2.70. The Balaban J connectivity index is 0.00000200. The number of benzene rings is 1. The van der Waals surface area contributed by atoms with Crippen molar-refractivity contribution in [3.8, 4) is 0 Å². The highest BCUT2D eigenvalue weighted by Gasteiger charge is 2.09. The summed E-state index contributed by atoms with van der Waals surface area (Å²) in [5, 5.41) is 12.2. The molecular formula is C13H18ClFN4S. The van der Waals surface area contributed by atoms with Crippen molar-refractivity contribution < 1.29 is 4.39 Å². The van der Waals surface area contributed by atoms with Gasteiger partial charge in [-0.15, -0.1) is 22.6 Å². The first-order valence-corrected chi connectivity index (χ1v) is 7.01. The lowest BCUT2D eigenvalue weighted by atomic mass is 10.1. The fourth-order valence-corrected chi connectivity index (χ4v) is 2.60. The van der Waals surface area contributed by atoms with Crippen molar-refractivity contribution >= 4 is 24.2 Å². The maximum Gasteiger partial charge on any atom is 0.191 e. The highest BCUT2D eigenvalue weighted by Crippen LogP contribution is 2.22. The van der Waals surface area contributed by atoms with Gasteiger partial charge in [-0.2, -0.15) is 0 Å². The van der Waals surface area contributed by atoms with E-state index >= 15 is 0 Å². The molecule has 7 heteroatoms. The highest BCUT2D eigenvalue weighted by atomic mass is 35.5. The van der Waals surface area contributed by atoms with Crippen LogP contribution in [0.25, 0.3) is 0 Å². The number of aromatic nitrogens is 3. The Hall–Kier alpha value is -1.11. The molecule has 0 aliphatic carbocycles. The molecule has 2 rings (SSSR count). The summed E-state index contributed by atoms with van der Waals surface area (Å²) in [5.41, 5.74) is 1.76. The van der Waals surface area contributed by atoms with Crippen LogP contribution in [0.1, 0.15) is 17.0 Å². The van der Waals surface area contributed by atoms with E-state index in [1.165, 1.54) is 6.07 Å². The molecule has 0 radical (unpaired) electrons. The van der Waals surface area contributed by atoms with E-state index in [1.54, 1.807) is 24.8 Å². The van der Waals surface area contributed by atoms with Crippen LogP contribution >= 0.6 is 24.2 Å². The van der Waals surface area contributed by atoms with Crippen LogP contribution in [0.5, 0.6) is 0 Å². The average molecular weight is 317 g/mol. The first-order valence-electron chi connectivity index (χ1n) is 6.02. The standard InChI is InChI=1S/C13H17FN4S.ClH/c1-9-6-10(4-5-11(9)14)8-19-13-17-16-12(7-15-2)18(13)3;/h4-6,15H,7-8H2,1-3H3;1H. The molecule has 0 spiro atoms. The molecule has 2 aromatic rings. The third-order valence-corrected chi connectivity index (χ3v) is 3.94.